The Morgan fingerprint density at radius 2 is 1.23 bits per heavy atom. The molecule has 1 aliphatic rings. The molecule has 5 rings (SSSR count). The first-order chi connectivity index (χ1) is 34.2. The van der Waals surface area contributed by atoms with Crippen LogP contribution >= 0.6 is 0 Å². The van der Waals surface area contributed by atoms with Crippen molar-refractivity contribution in [3.63, 3.8) is 0 Å². The van der Waals surface area contributed by atoms with E-state index in [9.17, 15) is 19.2 Å². The van der Waals surface area contributed by atoms with Gasteiger partial charge in [0.05, 0.1) is 38.9 Å². The first kappa shape index (κ1) is 56.3. The Morgan fingerprint density at radius 3 is 1.82 bits per heavy atom. The Hall–Kier alpha value is -5.60. The lowest BCUT2D eigenvalue weighted by molar-refractivity contribution is -0.254. The van der Waals surface area contributed by atoms with Crippen LogP contribution in [-0.4, -0.2) is 120 Å². The topological polar surface area (TPSA) is 139 Å². The highest BCUT2D eigenvalue weighted by Crippen LogP contribution is 2.42. The molecule has 386 valence electrons. The Labute approximate surface area is 422 Å². The van der Waals surface area contributed by atoms with Crippen molar-refractivity contribution >= 4 is 23.6 Å². The largest absolute Gasteiger partial charge is 0.497 e. The molecule has 4 aromatic carbocycles. The van der Waals surface area contributed by atoms with E-state index in [-0.39, 0.29) is 61.7 Å². The zero-order valence-electron chi connectivity index (χ0n) is 43.3. The van der Waals surface area contributed by atoms with Crippen molar-refractivity contribution in [1.29, 1.82) is 0 Å². The number of likely N-dealkylation sites (N-methyl/N-ethyl adjacent to an activating group) is 1. The van der Waals surface area contributed by atoms with Crippen LogP contribution in [0.15, 0.2) is 109 Å². The van der Waals surface area contributed by atoms with Gasteiger partial charge in [-0.15, -0.1) is 0 Å². The molecule has 0 aliphatic carbocycles. The monoisotopic (exact) mass is 979 g/mol. The minimum atomic E-state index is -1.10. The van der Waals surface area contributed by atoms with Gasteiger partial charge >= 0.3 is 11.9 Å². The van der Waals surface area contributed by atoms with Crippen LogP contribution in [0.3, 0.4) is 0 Å². The summed E-state index contributed by atoms with van der Waals surface area (Å²) in [6.07, 6.45) is 4.47. The predicted molar refractivity (Wildman–Crippen MR) is 274 cm³/mol. The fourth-order valence-corrected chi connectivity index (χ4v) is 9.04. The van der Waals surface area contributed by atoms with Gasteiger partial charge in [0.1, 0.15) is 35.6 Å². The number of nitrogens with zero attached hydrogens (tertiary/aromatic N) is 2. The van der Waals surface area contributed by atoms with Crippen molar-refractivity contribution in [1.82, 2.24) is 9.80 Å². The normalized spacial score (nSPS) is 18.4. The van der Waals surface area contributed by atoms with Gasteiger partial charge in [-0.25, -0.2) is 4.79 Å². The number of methoxy groups -OCH3 is 2. The van der Waals surface area contributed by atoms with Crippen LogP contribution in [0.5, 0.6) is 11.5 Å². The predicted octanol–water partition coefficient (Wildman–Crippen LogP) is 9.92. The number of carbonyl (C=O) groups is 4. The Morgan fingerprint density at radius 1 is 0.648 bits per heavy atom. The van der Waals surface area contributed by atoms with E-state index in [0.29, 0.717) is 49.1 Å². The summed E-state index contributed by atoms with van der Waals surface area (Å²) < 4.78 is 42.4. The molecule has 13 heteroatoms. The molecular weight excluding hydrogens is 901 g/mol. The number of amides is 1. The van der Waals surface area contributed by atoms with Gasteiger partial charge in [0.25, 0.3) is 0 Å². The van der Waals surface area contributed by atoms with E-state index in [1.54, 1.807) is 26.4 Å². The lowest BCUT2D eigenvalue weighted by Gasteiger charge is -2.43. The summed E-state index contributed by atoms with van der Waals surface area (Å²) >= 11 is 0. The molecule has 1 amide bonds. The van der Waals surface area contributed by atoms with Crippen molar-refractivity contribution in [2.24, 2.45) is 17.8 Å². The fraction of sp³-hybridized carbons (Fsp3) is 0.517. The molecule has 5 unspecified atom stereocenters. The average molecular weight is 979 g/mol. The second-order valence-corrected chi connectivity index (χ2v) is 19.0. The highest BCUT2D eigenvalue weighted by atomic mass is 16.7. The lowest BCUT2D eigenvalue weighted by atomic mass is 9.79. The van der Waals surface area contributed by atoms with E-state index in [2.05, 4.69) is 25.7 Å². The van der Waals surface area contributed by atoms with Gasteiger partial charge in [-0.05, 0) is 111 Å². The lowest BCUT2D eigenvalue weighted by Crippen LogP contribution is -2.48. The SMILES string of the molecule is COc1ccc(C(OC[C@H](CN(C)CCCCCCN(C)C(=O)CCCCOC2OC(COC(=O)c3ccccc3)C(C)C(C)C2C)OC(=O)CCC(C)=O)(c2ccccc2)c2ccc(OC)cc2)cc1. The third-order valence-corrected chi connectivity index (χ3v) is 13.8. The van der Waals surface area contributed by atoms with Crippen molar-refractivity contribution < 1.29 is 52.3 Å². The van der Waals surface area contributed by atoms with E-state index in [1.807, 2.05) is 116 Å². The van der Waals surface area contributed by atoms with Crippen LogP contribution in [0.2, 0.25) is 0 Å². The maximum atomic E-state index is 13.2. The number of benzene rings is 4. The average Bonchev–Trinajstić information content (AvgIpc) is 3.39. The Balaban J connectivity index is 1.07. The first-order valence-electron chi connectivity index (χ1n) is 25.3. The number of ketones is 1. The van der Waals surface area contributed by atoms with Crippen molar-refractivity contribution in [3.05, 3.63) is 131 Å². The number of unbranched alkanes of at least 4 members (excludes halogenated alkanes) is 4. The molecule has 6 atom stereocenters. The highest BCUT2D eigenvalue weighted by molar-refractivity contribution is 5.89. The van der Waals surface area contributed by atoms with Gasteiger partial charge in [0.2, 0.25) is 5.91 Å². The van der Waals surface area contributed by atoms with Gasteiger partial charge in [0.15, 0.2) is 6.29 Å². The second kappa shape index (κ2) is 29.0. The number of esters is 2. The fourth-order valence-electron chi connectivity index (χ4n) is 9.04. The highest BCUT2D eigenvalue weighted by Gasteiger charge is 2.41. The third kappa shape index (κ3) is 17.0. The molecule has 0 spiro atoms. The number of hydrogen-bond donors (Lipinski definition) is 0. The van der Waals surface area contributed by atoms with Crippen LogP contribution < -0.4 is 9.47 Å². The van der Waals surface area contributed by atoms with Crippen LogP contribution in [0.4, 0.5) is 0 Å². The number of carbonyl (C=O) groups excluding carboxylic acids is 4. The molecule has 71 heavy (non-hydrogen) atoms. The van der Waals surface area contributed by atoms with E-state index in [4.69, 9.17) is 33.2 Å². The zero-order chi connectivity index (χ0) is 51.2. The number of ether oxygens (including phenoxy) is 7. The summed E-state index contributed by atoms with van der Waals surface area (Å²) in [5.41, 5.74) is 2.04. The number of hydrogen-bond acceptors (Lipinski definition) is 12. The second-order valence-electron chi connectivity index (χ2n) is 19.0. The Bertz CT molecular complexity index is 2160. The maximum Gasteiger partial charge on any atom is 0.338 e. The van der Waals surface area contributed by atoms with Crippen molar-refractivity contribution in [3.8, 4) is 11.5 Å². The quantitative estimate of drug-likeness (QED) is 0.0279. The molecule has 0 saturated carbocycles. The molecule has 0 radical (unpaired) electrons. The smallest absolute Gasteiger partial charge is 0.338 e. The van der Waals surface area contributed by atoms with Gasteiger partial charge in [-0.2, -0.15) is 0 Å². The standard InChI is InChI=1S/C58H78N2O11/c1-42(61)26-35-55(63)70-52(40-69-58(47-23-15-12-16-24-47,48-27-31-50(65-7)32-28-48)49-29-33-51(66-8)34-30-49)39-59(5)36-18-9-10-19-37-60(6)54(62)25-17-20-38-67-57-45(4)43(2)44(3)53(71-57)41-68-56(64)46-21-13-11-14-22-46/h11-16,21-24,27-34,43-45,52-53,57H,9-10,17-20,25-26,35-41H2,1-8H3/t43?,44?,45?,52-,53?,57?/m0/s1. The molecular formula is C58H78N2O11. The third-order valence-electron chi connectivity index (χ3n) is 13.8. The molecule has 1 fully saturated rings. The minimum absolute atomic E-state index is 0.00537. The Kier molecular flexibility index (Phi) is 23.0. The summed E-state index contributed by atoms with van der Waals surface area (Å²) in [5.74, 6) is 1.34. The molecule has 1 saturated heterocycles. The van der Waals surface area contributed by atoms with Gasteiger partial charge in [-0.3, -0.25) is 9.59 Å². The number of rotatable bonds is 30. The first-order valence-corrected chi connectivity index (χ1v) is 25.3. The van der Waals surface area contributed by atoms with Crippen molar-refractivity contribution in [2.45, 2.75) is 110 Å². The van der Waals surface area contributed by atoms with E-state index in [0.717, 1.165) is 61.8 Å². The van der Waals surface area contributed by atoms with E-state index >= 15 is 0 Å². The zero-order valence-corrected chi connectivity index (χ0v) is 43.3. The summed E-state index contributed by atoms with van der Waals surface area (Å²) in [4.78, 5) is 54.5. The summed E-state index contributed by atoms with van der Waals surface area (Å²) in [7, 11) is 7.14. The molecule has 0 aromatic heterocycles. The number of Topliss-reactive ketones (excluding diaryl/α,β-unsaturated/α-hetero) is 1. The van der Waals surface area contributed by atoms with Crippen LogP contribution in [-0.2, 0) is 43.7 Å². The van der Waals surface area contributed by atoms with Gasteiger partial charge in [0, 0.05) is 45.5 Å². The minimum Gasteiger partial charge on any atom is -0.497 e. The van der Waals surface area contributed by atoms with Crippen LogP contribution in [0.25, 0.3) is 0 Å². The van der Waals surface area contributed by atoms with Gasteiger partial charge < -0.3 is 47.8 Å². The molecule has 0 bridgehead atoms. The molecule has 1 heterocycles. The van der Waals surface area contributed by atoms with Crippen molar-refractivity contribution in [2.75, 3.05) is 67.8 Å². The van der Waals surface area contributed by atoms with Crippen LogP contribution in [0, 0.1) is 17.8 Å². The maximum absolute atomic E-state index is 13.2. The van der Waals surface area contributed by atoms with E-state index < -0.39 is 24.0 Å². The molecule has 4 aromatic rings. The summed E-state index contributed by atoms with van der Waals surface area (Å²) in [6.45, 7) is 10.5. The summed E-state index contributed by atoms with van der Waals surface area (Å²) in [6, 6.07) is 34.5. The molecule has 1 aliphatic heterocycles. The van der Waals surface area contributed by atoms with Gasteiger partial charge in [-0.1, -0.05) is 106 Å². The molecule has 13 nitrogen and oxygen atoms in total. The summed E-state index contributed by atoms with van der Waals surface area (Å²) in [5, 5.41) is 0. The van der Waals surface area contributed by atoms with E-state index in [1.165, 1.54) is 6.92 Å². The van der Waals surface area contributed by atoms with Crippen LogP contribution in [0.1, 0.15) is 113 Å². The molecule has 0 N–H and O–H groups in total.